The predicted octanol–water partition coefficient (Wildman–Crippen LogP) is 1.08. The molecule has 1 spiro atoms. The van der Waals surface area contributed by atoms with Crippen molar-refractivity contribution in [1.29, 1.82) is 0 Å². The number of nitrogens with zero attached hydrogens (tertiary/aromatic N) is 3. The molecule has 0 bridgehead atoms. The van der Waals surface area contributed by atoms with Crippen molar-refractivity contribution in [3.63, 3.8) is 0 Å². The minimum atomic E-state index is -0.973. The molecule has 2 saturated heterocycles. The molecular formula is C21H28N4O5. The van der Waals surface area contributed by atoms with Crippen LogP contribution in [0.4, 0.5) is 10.5 Å². The van der Waals surface area contributed by atoms with Crippen LogP contribution < -0.4 is 10.4 Å². The standard InChI is InChI=1S/C21H28N4O5/c1-30-20(28)25-14-21(7-8-21)13-16(18(26)22-29)17(25)19(27)24-11-9-23(10-12-24)15-5-3-2-4-6-15/h2-6,16-17,29H,7-14H2,1H3,(H,22,26)/t16-,17+/m0/s1. The van der Waals surface area contributed by atoms with E-state index in [9.17, 15) is 19.6 Å². The molecule has 0 unspecified atom stereocenters. The van der Waals surface area contributed by atoms with Crippen molar-refractivity contribution in [3.05, 3.63) is 30.3 Å². The maximum atomic E-state index is 13.5. The van der Waals surface area contributed by atoms with E-state index in [0.29, 0.717) is 39.1 Å². The van der Waals surface area contributed by atoms with Gasteiger partial charge in [0.1, 0.15) is 6.04 Å². The molecule has 1 saturated carbocycles. The van der Waals surface area contributed by atoms with Crippen LogP contribution in [0.2, 0.25) is 0 Å². The first kappa shape index (κ1) is 20.5. The van der Waals surface area contributed by atoms with E-state index < -0.39 is 24.0 Å². The third kappa shape index (κ3) is 3.81. The number of likely N-dealkylation sites (tertiary alicyclic amines) is 1. The van der Waals surface area contributed by atoms with Gasteiger partial charge in [-0.3, -0.25) is 19.7 Å². The molecule has 1 aromatic rings. The maximum absolute atomic E-state index is 13.5. The maximum Gasteiger partial charge on any atom is 0.410 e. The van der Waals surface area contributed by atoms with Crippen LogP contribution >= 0.6 is 0 Å². The zero-order valence-corrected chi connectivity index (χ0v) is 17.1. The highest BCUT2D eigenvalue weighted by Crippen LogP contribution is 2.55. The number of carbonyl (C=O) groups excluding carboxylic acids is 3. The van der Waals surface area contributed by atoms with Crippen molar-refractivity contribution in [2.24, 2.45) is 11.3 Å². The zero-order chi connectivity index (χ0) is 21.3. The molecule has 3 amide bonds. The summed E-state index contributed by atoms with van der Waals surface area (Å²) in [6.07, 6.45) is 1.66. The number of piperidine rings is 1. The Morgan fingerprint density at radius 2 is 1.77 bits per heavy atom. The van der Waals surface area contributed by atoms with Crippen molar-refractivity contribution in [2.45, 2.75) is 25.3 Å². The summed E-state index contributed by atoms with van der Waals surface area (Å²) in [4.78, 5) is 43.8. The first-order valence-corrected chi connectivity index (χ1v) is 10.4. The second kappa shape index (κ2) is 8.14. The minimum absolute atomic E-state index is 0.159. The van der Waals surface area contributed by atoms with Crippen LogP contribution in [0.5, 0.6) is 0 Å². The van der Waals surface area contributed by atoms with Gasteiger partial charge < -0.3 is 14.5 Å². The first-order chi connectivity index (χ1) is 14.5. The predicted molar refractivity (Wildman–Crippen MR) is 108 cm³/mol. The SMILES string of the molecule is COC(=O)N1CC2(CC2)C[C@H](C(=O)NO)[C@@H]1C(=O)N1CCN(c2ccccc2)CC1. The first-order valence-electron chi connectivity index (χ1n) is 10.4. The molecule has 162 valence electrons. The lowest BCUT2D eigenvalue weighted by molar-refractivity contribution is -0.150. The summed E-state index contributed by atoms with van der Waals surface area (Å²) < 4.78 is 4.93. The summed E-state index contributed by atoms with van der Waals surface area (Å²) in [6, 6.07) is 9.03. The fraction of sp³-hybridized carbons (Fsp3) is 0.571. The monoisotopic (exact) mass is 416 g/mol. The largest absolute Gasteiger partial charge is 0.453 e. The summed E-state index contributed by atoms with van der Waals surface area (Å²) >= 11 is 0. The van der Waals surface area contributed by atoms with Crippen molar-refractivity contribution in [2.75, 3.05) is 44.7 Å². The lowest BCUT2D eigenvalue weighted by Gasteiger charge is -2.45. The van der Waals surface area contributed by atoms with Crippen molar-refractivity contribution in [3.8, 4) is 0 Å². The van der Waals surface area contributed by atoms with Crippen LogP contribution in [-0.2, 0) is 14.3 Å². The lowest BCUT2D eigenvalue weighted by atomic mass is 9.80. The quantitative estimate of drug-likeness (QED) is 0.565. The van der Waals surface area contributed by atoms with Crippen LogP contribution in [0.3, 0.4) is 0 Å². The van der Waals surface area contributed by atoms with E-state index in [1.165, 1.54) is 12.0 Å². The number of para-hydroxylation sites is 1. The Balaban J connectivity index is 1.52. The van der Waals surface area contributed by atoms with E-state index in [1.54, 1.807) is 10.4 Å². The van der Waals surface area contributed by atoms with Crippen LogP contribution in [-0.4, -0.2) is 78.8 Å². The van der Waals surface area contributed by atoms with Crippen LogP contribution in [0.25, 0.3) is 0 Å². The summed E-state index contributed by atoms with van der Waals surface area (Å²) in [6.45, 7) is 2.73. The smallest absolute Gasteiger partial charge is 0.410 e. The molecule has 0 aromatic heterocycles. The summed E-state index contributed by atoms with van der Waals surface area (Å²) in [5.74, 6) is -1.70. The highest BCUT2D eigenvalue weighted by Gasteiger charge is 2.57. The second-order valence-corrected chi connectivity index (χ2v) is 8.48. The highest BCUT2D eigenvalue weighted by molar-refractivity contribution is 5.93. The third-order valence-corrected chi connectivity index (χ3v) is 6.65. The molecule has 30 heavy (non-hydrogen) atoms. The van der Waals surface area contributed by atoms with Gasteiger partial charge in [0.15, 0.2) is 0 Å². The van der Waals surface area contributed by atoms with Gasteiger partial charge in [-0.1, -0.05) is 18.2 Å². The Kier molecular flexibility index (Phi) is 5.55. The molecule has 0 radical (unpaired) electrons. The number of ether oxygens (including phenoxy) is 1. The fourth-order valence-electron chi connectivity index (χ4n) is 4.79. The number of hydrogen-bond acceptors (Lipinski definition) is 6. The van der Waals surface area contributed by atoms with E-state index in [-0.39, 0.29) is 11.3 Å². The van der Waals surface area contributed by atoms with Crippen LogP contribution in [0.1, 0.15) is 19.3 Å². The molecule has 9 nitrogen and oxygen atoms in total. The Labute approximate surface area is 175 Å². The zero-order valence-electron chi connectivity index (χ0n) is 17.1. The minimum Gasteiger partial charge on any atom is -0.453 e. The summed E-state index contributed by atoms with van der Waals surface area (Å²) in [5.41, 5.74) is 2.64. The van der Waals surface area contributed by atoms with E-state index in [2.05, 4.69) is 4.90 Å². The van der Waals surface area contributed by atoms with Gasteiger partial charge in [0.05, 0.1) is 13.0 Å². The van der Waals surface area contributed by atoms with E-state index in [1.807, 2.05) is 30.3 Å². The van der Waals surface area contributed by atoms with E-state index >= 15 is 0 Å². The number of piperazine rings is 1. The van der Waals surface area contributed by atoms with Crippen molar-refractivity contribution in [1.82, 2.24) is 15.3 Å². The molecule has 9 heteroatoms. The van der Waals surface area contributed by atoms with Gasteiger partial charge in [0.25, 0.3) is 0 Å². The number of nitrogens with one attached hydrogen (secondary N) is 1. The summed E-state index contributed by atoms with van der Waals surface area (Å²) in [5, 5.41) is 9.26. The number of carbonyl (C=O) groups is 3. The van der Waals surface area contributed by atoms with Gasteiger partial charge >= 0.3 is 6.09 Å². The molecule has 3 fully saturated rings. The molecular weight excluding hydrogens is 388 g/mol. The number of methoxy groups -OCH3 is 1. The Bertz CT molecular complexity index is 777. The molecule has 3 aliphatic rings. The fourth-order valence-corrected chi connectivity index (χ4v) is 4.79. The number of anilines is 1. The third-order valence-electron chi connectivity index (χ3n) is 6.65. The average molecular weight is 416 g/mol. The Morgan fingerprint density at radius 3 is 2.33 bits per heavy atom. The van der Waals surface area contributed by atoms with Crippen LogP contribution in [0.15, 0.2) is 30.3 Å². The van der Waals surface area contributed by atoms with E-state index in [0.717, 1.165) is 18.5 Å². The molecule has 1 aliphatic carbocycles. The normalized spacial score (nSPS) is 25.1. The van der Waals surface area contributed by atoms with Gasteiger partial charge in [0.2, 0.25) is 11.8 Å². The van der Waals surface area contributed by atoms with Gasteiger partial charge in [-0.05, 0) is 36.8 Å². The molecule has 2 aliphatic heterocycles. The van der Waals surface area contributed by atoms with Crippen LogP contribution in [0, 0.1) is 11.3 Å². The van der Waals surface area contributed by atoms with Crippen molar-refractivity contribution >= 4 is 23.6 Å². The average Bonchev–Trinajstić information content (AvgIpc) is 3.55. The second-order valence-electron chi connectivity index (χ2n) is 8.48. The topological polar surface area (TPSA) is 102 Å². The highest BCUT2D eigenvalue weighted by atomic mass is 16.5. The molecule has 2 atom stereocenters. The van der Waals surface area contributed by atoms with E-state index in [4.69, 9.17) is 4.74 Å². The number of amides is 3. The van der Waals surface area contributed by atoms with Gasteiger partial charge in [0, 0.05) is 38.4 Å². The number of rotatable bonds is 3. The Morgan fingerprint density at radius 1 is 1.10 bits per heavy atom. The Hall–Kier alpha value is -2.81. The van der Waals surface area contributed by atoms with Gasteiger partial charge in [-0.25, -0.2) is 10.3 Å². The molecule has 2 heterocycles. The molecule has 2 N–H and O–H groups in total. The summed E-state index contributed by atoms with van der Waals surface area (Å²) in [7, 11) is 1.28. The number of hydroxylamine groups is 1. The van der Waals surface area contributed by atoms with Gasteiger partial charge in [-0.2, -0.15) is 0 Å². The van der Waals surface area contributed by atoms with Crippen molar-refractivity contribution < 1.29 is 24.3 Å². The lowest BCUT2D eigenvalue weighted by Crippen LogP contribution is -2.63. The number of hydrogen-bond donors (Lipinski definition) is 2. The number of benzene rings is 1. The van der Waals surface area contributed by atoms with Gasteiger partial charge in [-0.15, -0.1) is 0 Å². The molecule has 4 rings (SSSR count). The molecule has 1 aromatic carbocycles.